The first-order chi connectivity index (χ1) is 9.72. The number of ether oxygens (including phenoxy) is 2. The van der Waals surface area contributed by atoms with Crippen molar-refractivity contribution in [2.24, 2.45) is 4.99 Å². The van der Waals surface area contributed by atoms with Gasteiger partial charge in [0.15, 0.2) is 0 Å². The smallest absolute Gasteiger partial charge is 0.122 e. The Bertz CT molecular complexity index is 565. The van der Waals surface area contributed by atoms with Crippen LogP contribution in [0, 0.1) is 0 Å². The summed E-state index contributed by atoms with van der Waals surface area (Å²) in [7, 11) is 3.20. The van der Waals surface area contributed by atoms with Gasteiger partial charge in [-0.15, -0.1) is 0 Å². The van der Waals surface area contributed by atoms with Crippen LogP contribution in [0.1, 0.15) is 0 Å². The molecule has 0 aliphatic heterocycles. The Labute approximate surface area is 117 Å². The zero-order valence-electron chi connectivity index (χ0n) is 11.4. The Morgan fingerprint density at radius 1 is 0.900 bits per heavy atom. The second-order valence-electron chi connectivity index (χ2n) is 3.99. The lowest BCUT2D eigenvalue weighted by Crippen LogP contribution is -2.14. The average Bonchev–Trinajstić information content (AvgIpc) is 2.53. The van der Waals surface area contributed by atoms with Crippen LogP contribution in [0.3, 0.4) is 0 Å². The lowest BCUT2D eigenvalue weighted by atomic mass is 10.3. The van der Waals surface area contributed by atoms with Gasteiger partial charge in [-0.25, -0.2) is 10.1 Å². The molecular weight excluding hydrogens is 256 g/mol. The van der Waals surface area contributed by atoms with Crippen molar-refractivity contribution < 1.29 is 14.7 Å². The van der Waals surface area contributed by atoms with Gasteiger partial charge in [0.05, 0.1) is 25.6 Å². The summed E-state index contributed by atoms with van der Waals surface area (Å²) in [5.74, 6) is 1.49. The number of nitrogens with zero attached hydrogens (tertiary/aromatic N) is 2. The summed E-state index contributed by atoms with van der Waals surface area (Å²) in [5.41, 5.74) is 1.32. The molecule has 0 saturated carbocycles. The van der Waals surface area contributed by atoms with Crippen LogP contribution in [0.25, 0.3) is 0 Å². The van der Waals surface area contributed by atoms with Gasteiger partial charge >= 0.3 is 0 Å². The Balaban J connectivity index is 2.04. The summed E-state index contributed by atoms with van der Waals surface area (Å²) in [6, 6.07) is 14.2. The summed E-state index contributed by atoms with van der Waals surface area (Å²) in [6.07, 6.45) is 1.34. The van der Waals surface area contributed by atoms with E-state index in [2.05, 4.69) is 4.99 Å². The molecule has 1 N–H and O–H groups in total. The van der Waals surface area contributed by atoms with E-state index in [-0.39, 0.29) is 0 Å². The quantitative estimate of drug-likeness (QED) is 0.515. The monoisotopic (exact) mass is 272 g/mol. The fourth-order valence-electron chi connectivity index (χ4n) is 1.59. The van der Waals surface area contributed by atoms with Crippen molar-refractivity contribution in [2.75, 3.05) is 19.3 Å². The van der Waals surface area contributed by atoms with Crippen LogP contribution in [0.5, 0.6) is 11.5 Å². The standard InChI is InChI=1S/C15H16N2O3/c1-19-14-7-3-12(4-8-14)16-11-17(18)13-5-9-15(20-2)10-6-13/h3-11,18H,1-2H3. The summed E-state index contributed by atoms with van der Waals surface area (Å²) in [6.45, 7) is 0. The molecule has 0 spiro atoms. The highest BCUT2D eigenvalue weighted by Gasteiger charge is 2.00. The molecule has 20 heavy (non-hydrogen) atoms. The Morgan fingerprint density at radius 3 is 1.90 bits per heavy atom. The van der Waals surface area contributed by atoms with E-state index in [0.29, 0.717) is 5.69 Å². The van der Waals surface area contributed by atoms with E-state index in [1.165, 1.54) is 6.34 Å². The van der Waals surface area contributed by atoms with Crippen molar-refractivity contribution in [1.29, 1.82) is 0 Å². The third-order valence-electron chi connectivity index (χ3n) is 2.73. The normalized spacial score (nSPS) is 10.6. The predicted octanol–water partition coefficient (Wildman–Crippen LogP) is 3.26. The third-order valence-corrected chi connectivity index (χ3v) is 2.73. The molecular formula is C15H16N2O3. The molecule has 2 rings (SSSR count). The molecule has 0 atom stereocenters. The van der Waals surface area contributed by atoms with Gasteiger partial charge in [0.1, 0.15) is 17.8 Å². The van der Waals surface area contributed by atoms with Crippen molar-refractivity contribution in [3.05, 3.63) is 48.5 Å². The van der Waals surface area contributed by atoms with Gasteiger partial charge in [-0.3, -0.25) is 5.21 Å². The number of methoxy groups -OCH3 is 2. The third kappa shape index (κ3) is 3.49. The molecule has 0 bridgehead atoms. The molecule has 2 aromatic rings. The minimum Gasteiger partial charge on any atom is -0.497 e. The molecule has 0 unspecified atom stereocenters. The van der Waals surface area contributed by atoms with Crippen LogP contribution in [0.2, 0.25) is 0 Å². The highest BCUT2D eigenvalue weighted by atomic mass is 16.5. The minimum absolute atomic E-state index is 0.600. The molecule has 0 aliphatic carbocycles. The van der Waals surface area contributed by atoms with E-state index < -0.39 is 0 Å². The largest absolute Gasteiger partial charge is 0.497 e. The topological polar surface area (TPSA) is 54.3 Å². The van der Waals surface area contributed by atoms with Crippen LogP contribution in [-0.4, -0.2) is 25.8 Å². The molecule has 0 amide bonds. The van der Waals surface area contributed by atoms with Crippen LogP contribution in [-0.2, 0) is 0 Å². The molecule has 2 aromatic carbocycles. The molecule has 0 fully saturated rings. The number of hydrogen-bond acceptors (Lipinski definition) is 4. The van der Waals surface area contributed by atoms with Crippen LogP contribution < -0.4 is 14.5 Å². The van der Waals surface area contributed by atoms with Crippen molar-refractivity contribution in [2.45, 2.75) is 0 Å². The second-order valence-corrected chi connectivity index (χ2v) is 3.99. The van der Waals surface area contributed by atoms with Gasteiger partial charge in [0.25, 0.3) is 0 Å². The zero-order valence-corrected chi connectivity index (χ0v) is 11.4. The van der Waals surface area contributed by atoms with Gasteiger partial charge in [-0.05, 0) is 48.5 Å². The maximum Gasteiger partial charge on any atom is 0.122 e. The van der Waals surface area contributed by atoms with Gasteiger partial charge in [-0.1, -0.05) is 0 Å². The van der Waals surface area contributed by atoms with E-state index in [4.69, 9.17) is 9.47 Å². The van der Waals surface area contributed by atoms with E-state index in [0.717, 1.165) is 22.2 Å². The van der Waals surface area contributed by atoms with Crippen molar-refractivity contribution in [3.63, 3.8) is 0 Å². The first-order valence-electron chi connectivity index (χ1n) is 6.03. The van der Waals surface area contributed by atoms with E-state index in [1.54, 1.807) is 50.6 Å². The number of aliphatic imine (C=N–C) groups is 1. The van der Waals surface area contributed by atoms with Gasteiger partial charge in [0.2, 0.25) is 0 Å². The summed E-state index contributed by atoms with van der Waals surface area (Å²) in [4.78, 5) is 4.16. The number of rotatable bonds is 5. The first kappa shape index (κ1) is 13.9. The Hall–Kier alpha value is -2.53. The molecule has 0 heterocycles. The van der Waals surface area contributed by atoms with E-state index in [1.807, 2.05) is 12.1 Å². The lowest BCUT2D eigenvalue weighted by molar-refractivity contribution is 0.316. The maximum absolute atomic E-state index is 9.86. The summed E-state index contributed by atoms with van der Waals surface area (Å²) >= 11 is 0. The van der Waals surface area contributed by atoms with Crippen LogP contribution in [0.4, 0.5) is 11.4 Å². The fourth-order valence-corrected chi connectivity index (χ4v) is 1.59. The van der Waals surface area contributed by atoms with E-state index >= 15 is 0 Å². The molecule has 5 nitrogen and oxygen atoms in total. The highest BCUT2D eigenvalue weighted by Crippen LogP contribution is 2.19. The first-order valence-corrected chi connectivity index (χ1v) is 6.03. The van der Waals surface area contributed by atoms with Crippen molar-refractivity contribution >= 4 is 17.7 Å². The zero-order chi connectivity index (χ0) is 14.4. The predicted molar refractivity (Wildman–Crippen MR) is 78.4 cm³/mol. The second kappa shape index (κ2) is 6.58. The number of hydrogen-bond donors (Lipinski definition) is 1. The molecule has 0 saturated heterocycles. The average molecular weight is 272 g/mol. The van der Waals surface area contributed by atoms with Gasteiger partial charge in [-0.2, -0.15) is 0 Å². The Morgan fingerprint density at radius 2 is 1.40 bits per heavy atom. The fraction of sp³-hybridized carbons (Fsp3) is 0.133. The minimum atomic E-state index is 0.600. The van der Waals surface area contributed by atoms with E-state index in [9.17, 15) is 5.21 Å². The SMILES string of the molecule is COc1ccc(N=CN(O)c2ccc(OC)cc2)cc1. The Kier molecular flexibility index (Phi) is 4.57. The summed E-state index contributed by atoms with van der Waals surface area (Å²) in [5, 5.41) is 10.8. The number of benzene rings is 2. The highest BCUT2D eigenvalue weighted by molar-refractivity contribution is 5.78. The maximum atomic E-state index is 9.86. The van der Waals surface area contributed by atoms with Crippen molar-refractivity contribution in [1.82, 2.24) is 0 Å². The number of hydroxylamine groups is 1. The molecule has 0 aromatic heterocycles. The van der Waals surface area contributed by atoms with Gasteiger partial charge < -0.3 is 9.47 Å². The molecule has 0 radical (unpaired) electrons. The van der Waals surface area contributed by atoms with Crippen LogP contribution in [0.15, 0.2) is 53.5 Å². The molecule has 104 valence electrons. The summed E-state index contributed by atoms with van der Waals surface area (Å²) < 4.78 is 10.1. The van der Waals surface area contributed by atoms with Crippen molar-refractivity contribution in [3.8, 4) is 11.5 Å². The molecule has 5 heteroatoms. The lowest BCUT2D eigenvalue weighted by Gasteiger charge is -2.11. The molecule has 0 aliphatic rings. The van der Waals surface area contributed by atoms with Gasteiger partial charge in [0, 0.05) is 0 Å². The van der Waals surface area contributed by atoms with Crippen LogP contribution >= 0.6 is 0 Å². The number of anilines is 1.